The van der Waals surface area contributed by atoms with Crippen LogP contribution >= 0.6 is 0 Å². The molecule has 0 radical (unpaired) electrons. The highest BCUT2D eigenvalue weighted by molar-refractivity contribution is 5.74. The van der Waals surface area contributed by atoms with Crippen LogP contribution in [0.2, 0.25) is 0 Å². The molecule has 1 rings (SSSR count). The molecule has 0 heterocycles. The van der Waals surface area contributed by atoms with Gasteiger partial charge in [-0.05, 0) is 6.08 Å². The minimum absolute atomic E-state index is 0.662. The number of allylic oxidation sites excluding steroid dienone is 2. The van der Waals surface area contributed by atoms with Crippen molar-refractivity contribution in [2.45, 2.75) is 6.10 Å². The lowest BCUT2D eigenvalue weighted by Gasteiger charge is -2.17. The van der Waals surface area contributed by atoms with E-state index in [1.54, 1.807) is 0 Å². The van der Waals surface area contributed by atoms with Gasteiger partial charge in [-0.3, -0.25) is 4.79 Å². The van der Waals surface area contributed by atoms with Crippen LogP contribution in [-0.4, -0.2) is 27.4 Å². The molecule has 11 heavy (non-hydrogen) atoms. The third kappa shape index (κ3) is 1.40. The average Bonchev–Trinajstić information content (AvgIpc) is 1.99. The molecule has 0 saturated heterocycles. The predicted octanol–water partition coefficient (Wildman–Crippen LogP) is 0.0598. The molecule has 0 saturated carbocycles. The second-order valence-electron chi connectivity index (χ2n) is 2.10. The summed E-state index contributed by atoms with van der Waals surface area (Å²) in [6.07, 6.45) is 2.00. The van der Waals surface area contributed by atoms with E-state index < -0.39 is 23.7 Å². The zero-order valence-corrected chi connectivity index (χ0v) is 5.56. The number of aliphatic hydroxyl groups is 2. The van der Waals surface area contributed by atoms with Crippen LogP contribution in [0.1, 0.15) is 1.37 Å². The average molecular weight is 157 g/mol. The lowest BCUT2D eigenvalue weighted by atomic mass is 9.96. The van der Waals surface area contributed by atoms with Gasteiger partial charge in [0, 0.05) is 0 Å². The van der Waals surface area contributed by atoms with Gasteiger partial charge in [0.05, 0.1) is 7.47 Å². The highest BCUT2D eigenvalue weighted by atomic mass is 16.4. The Morgan fingerprint density at radius 3 is 2.73 bits per heavy atom. The number of carbonyl (C=O) groups is 1. The molecule has 0 aromatic rings. The Morgan fingerprint density at radius 1 is 1.73 bits per heavy atom. The van der Waals surface area contributed by atoms with Crippen LogP contribution in [0.4, 0.5) is 0 Å². The van der Waals surface area contributed by atoms with Crippen LogP contribution in [0.5, 0.6) is 0 Å². The molecule has 0 aliphatic heterocycles. The van der Waals surface area contributed by atoms with Crippen molar-refractivity contribution in [3.8, 4) is 0 Å². The van der Waals surface area contributed by atoms with Gasteiger partial charge >= 0.3 is 5.97 Å². The quantitative estimate of drug-likeness (QED) is 0.503. The standard InChI is InChI=1S/C7H8O4/c8-4-2-1-3-5(9)6(4)7(10)11/h1-4,6,8-9H,(H,10,11)/i6D. The van der Waals surface area contributed by atoms with Gasteiger partial charge in [-0.15, -0.1) is 0 Å². The molecule has 2 atom stereocenters. The fourth-order valence-corrected chi connectivity index (χ4v) is 0.826. The molecule has 0 spiro atoms. The van der Waals surface area contributed by atoms with Crippen molar-refractivity contribution >= 4 is 5.97 Å². The molecule has 0 fully saturated rings. The second kappa shape index (κ2) is 2.75. The van der Waals surface area contributed by atoms with Gasteiger partial charge in [0.1, 0.15) is 11.7 Å². The maximum Gasteiger partial charge on any atom is 0.317 e. The van der Waals surface area contributed by atoms with Crippen LogP contribution in [0.15, 0.2) is 24.0 Å². The molecule has 0 amide bonds. The molecule has 4 nitrogen and oxygen atoms in total. The van der Waals surface area contributed by atoms with Crippen molar-refractivity contribution in [2.75, 3.05) is 0 Å². The lowest BCUT2D eigenvalue weighted by molar-refractivity contribution is -0.144. The monoisotopic (exact) mass is 157 g/mol. The summed E-state index contributed by atoms with van der Waals surface area (Å²) < 4.78 is 7.27. The van der Waals surface area contributed by atoms with Crippen molar-refractivity contribution in [3.05, 3.63) is 24.0 Å². The maximum atomic E-state index is 10.5. The number of carboxylic acid groups (broad SMARTS) is 1. The van der Waals surface area contributed by atoms with Crippen LogP contribution in [0.3, 0.4) is 0 Å². The molecule has 0 aromatic heterocycles. The van der Waals surface area contributed by atoms with Crippen molar-refractivity contribution in [1.82, 2.24) is 0 Å². The largest absolute Gasteiger partial charge is 0.511 e. The Labute approximate surface area is 64.5 Å². The molecule has 60 valence electrons. The van der Waals surface area contributed by atoms with Gasteiger partial charge in [-0.25, -0.2) is 0 Å². The van der Waals surface area contributed by atoms with E-state index in [9.17, 15) is 4.79 Å². The molecule has 0 bridgehead atoms. The van der Waals surface area contributed by atoms with Gasteiger partial charge < -0.3 is 15.3 Å². The van der Waals surface area contributed by atoms with E-state index in [1.807, 2.05) is 0 Å². The molecule has 2 unspecified atom stereocenters. The van der Waals surface area contributed by atoms with Crippen LogP contribution in [0, 0.1) is 5.89 Å². The summed E-state index contributed by atoms with van der Waals surface area (Å²) in [6, 6.07) is 0. The Balaban J connectivity index is 3.10. The van der Waals surface area contributed by atoms with Gasteiger partial charge in [-0.1, -0.05) is 12.2 Å². The molecule has 0 aromatic carbocycles. The molecule has 1 aliphatic carbocycles. The first kappa shape index (κ1) is 6.42. The Hall–Kier alpha value is -1.29. The van der Waals surface area contributed by atoms with E-state index in [0.717, 1.165) is 12.2 Å². The van der Waals surface area contributed by atoms with Gasteiger partial charge in [0.25, 0.3) is 0 Å². The van der Waals surface area contributed by atoms with Crippen LogP contribution in [0.25, 0.3) is 0 Å². The Bertz CT molecular complexity index is 271. The molecule has 1 aliphatic rings. The van der Waals surface area contributed by atoms with Crippen LogP contribution in [-0.2, 0) is 4.79 Å². The number of hydrogen-bond acceptors (Lipinski definition) is 3. The Morgan fingerprint density at radius 2 is 2.36 bits per heavy atom. The highest BCUT2D eigenvalue weighted by Gasteiger charge is 2.30. The highest BCUT2D eigenvalue weighted by Crippen LogP contribution is 2.18. The third-order valence-corrected chi connectivity index (χ3v) is 1.35. The minimum atomic E-state index is -2.35. The number of rotatable bonds is 1. The number of hydrogen-bond donors (Lipinski definition) is 3. The molecular weight excluding hydrogens is 148 g/mol. The molecular formula is C7H8O4. The first-order valence-corrected chi connectivity index (χ1v) is 2.99. The summed E-state index contributed by atoms with van der Waals surface area (Å²) in [5.41, 5.74) is 0. The first-order valence-electron chi connectivity index (χ1n) is 3.49. The van der Waals surface area contributed by atoms with Crippen molar-refractivity contribution in [2.24, 2.45) is 5.89 Å². The Kier molecular flexibility index (Phi) is 1.61. The first-order chi connectivity index (χ1) is 5.49. The predicted molar refractivity (Wildman–Crippen MR) is 37.0 cm³/mol. The normalized spacial score (nSPS) is 37.7. The molecule has 3 N–H and O–H groups in total. The number of carboxylic acids is 1. The summed E-state index contributed by atoms with van der Waals surface area (Å²) in [5.74, 6) is -4.59. The maximum absolute atomic E-state index is 10.5. The smallest absolute Gasteiger partial charge is 0.317 e. The topological polar surface area (TPSA) is 77.8 Å². The fraction of sp³-hybridized carbons (Fsp3) is 0.286. The van der Waals surface area contributed by atoms with Crippen molar-refractivity contribution < 1.29 is 21.5 Å². The lowest BCUT2D eigenvalue weighted by Crippen LogP contribution is -2.29. The van der Waals surface area contributed by atoms with E-state index in [2.05, 4.69) is 0 Å². The zero-order valence-electron chi connectivity index (χ0n) is 6.56. The second-order valence-corrected chi connectivity index (χ2v) is 2.10. The summed E-state index contributed by atoms with van der Waals surface area (Å²) in [4.78, 5) is 10.5. The zero-order chi connectivity index (χ0) is 9.35. The van der Waals surface area contributed by atoms with Crippen molar-refractivity contribution in [1.29, 1.82) is 0 Å². The number of aliphatic carboxylic acids is 1. The summed E-state index contributed by atoms with van der Waals surface area (Å²) >= 11 is 0. The van der Waals surface area contributed by atoms with E-state index in [1.165, 1.54) is 6.08 Å². The van der Waals surface area contributed by atoms with Gasteiger partial charge in [-0.2, -0.15) is 0 Å². The van der Waals surface area contributed by atoms with E-state index in [-0.39, 0.29) is 0 Å². The molecule has 4 heteroatoms. The third-order valence-electron chi connectivity index (χ3n) is 1.35. The van der Waals surface area contributed by atoms with E-state index in [0.29, 0.717) is 0 Å². The number of aliphatic hydroxyl groups excluding tert-OH is 2. The minimum Gasteiger partial charge on any atom is -0.511 e. The summed E-state index contributed by atoms with van der Waals surface area (Å²) in [5, 5.41) is 26.7. The van der Waals surface area contributed by atoms with Crippen molar-refractivity contribution in [3.63, 3.8) is 0 Å². The summed E-state index contributed by atoms with van der Waals surface area (Å²) in [6.45, 7) is 0. The van der Waals surface area contributed by atoms with Crippen LogP contribution < -0.4 is 0 Å². The van der Waals surface area contributed by atoms with E-state index in [4.69, 9.17) is 16.7 Å². The summed E-state index contributed by atoms with van der Waals surface area (Å²) in [7, 11) is 0. The van der Waals surface area contributed by atoms with Gasteiger partial charge in [0.2, 0.25) is 0 Å². The van der Waals surface area contributed by atoms with Gasteiger partial charge in [0.15, 0.2) is 0 Å². The SMILES string of the molecule is [2H]C1(C(=O)O)C(O)=CC=CC1O. The van der Waals surface area contributed by atoms with E-state index >= 15 is 0 Å². The fourth-order valence-electron chi connectivity index (χ4n) is 0.826.